The van der Waals surface area contributed by atoms with Crippen molar-refractivity contribution >= 4 is 11.0 Å². The highest BCUT2D eigenvalue weighted by molar-refractivity contribution is 5.78. The van der Waals surface area contributed by atoms with Crippen LogP contribution in [0.5, 0.6) is 0 Å². The van der Waals surface area contributed by atoms with Crippen LogP contribution in [-0.4, -0.2) is 28.5 Å². The number of benzene rings is 1. The molecule has 1 aromatic carbocycles. The molecule has 0 aliphatic carbocycles. The Hall–Kier alpha value is -1.59. The fraction of sp³-hybridized carbons (Fsp3) is 0.300. The minimum absolute atomic E-state index is 0.246. The zero-order chi connectivity index (χ0) is 10.8. The van der Waals surface area contributed by atoms with Crippen LogP contribution in [0.1, 0.15) is 5.56 Å². The zero-order valence-corrected chi connectivity index (χ0v) is 8.28. The van der Waals surface area contributed by atoms with Crippen LogP contribution in [-0.2, 0) is 11.2 Å². The number of fused-ring (bicyclic) bond motifs is 1. The standard InChI is InChI=1S/C10H12N2O3/c1-15-8(13)5-6-3-2-4-7-9(6)12-10(14)11-7/h2-4,8,13H,5H2,1H3,(H2,11,12,14). The van der Waals surface area contributed by atoms with Gasteiger partial charge in [-0.05, 0) is 11.6 Å². The average Bonchev–Trinajstić information content (AvgIpc) is 2.59. The highest BCUT2D eigenvalue weighted by atomic mass is 16.6. The van der Waals surface area contributed by atoms with E-state index in [0.717, 1.165) is 16.6 Å². The summed E-state index contributed by atoms with van der Waals surface area (Å²) in [6, 6.07) is 5.47. The lowest BCUT2D eigenvalue weighted by molar-refractivity contribution is -0.0718. The summed E-state index contributed by atoms with van der Waals surface area (Å²) in [6.07, 6.45) is -0.504. The minimum atomic E-state index is -0.853. The fourth-order valence-corrected chi connectivity index (χ4v) is 1.56. The van der Waals surface area contributed by atoms with Crippen LogP contribution < -0.4 is 5.69 Å². The van der Waals surface area contributed by atoms with Crippen LogP contribution in [0.3, 0.4) is 0 Å². The van der Waals surface area contributed by atoms with Gasteiger partial charge >= 0.3 is 5.69 Å². The van der Waals surface area contributed by atoms with Crippen molar-refractivity contribution in [3.8, 4) is 0 Å². The Morgan fingerprint density at radius 1 is 1.47 bits per heavy atom. The first-order valence-electron chi connectivity index (χ1n) is 4.61. The maximum atomic E-state index is 11.1. The molecule has 0 saturated carbocycles. The molecule has 0 aliphatic rings. The van der Waals surface area contributed by atoms with Gasteiger partial charge in [0, 0.05) is 13.5 Å². The lowest BCUT2D eigenvalue weighted by atomic mass is 10.1. The van der Waals surface area contributed by atoms with Crippen LogP contribution >= 0.6 is 0 Å². The first-order valence-corrected chi connectivity index (χ1v) is 4.61. The third kappa shape index (κ3) is 1.93. The molecule has 3 N–H and O–H groups in total. The monoisotopic (exact) mass is 208 g/mol. The summed E-state index contributed by atoms with van der Waals surface area (Å²) in [5.74, 6) is 0. The van der Waals surface area contributed by atoms with Crippen molar-refractivity contribution < 1.29 is 9.84 Å². The number of nitrogens with one attached hydrogen (secondary N) is 2. The molecule has 0 fully saturated rings. The molecule has 0 bridgehead atoms. The van der Waals surface area contributed by atoms with Crippen molar-refractivity contribution in [1.29, 1.82) is 0 Å². The van der Waals surface area contributed by atoms with Crippen LogP contribution in [0.4, 0.5) is 0 Å². The number of aliphatic hydroxyl groups excluding tert-OH is 1. The Labute approximate surface area is 85.7 Å². The second-order valence-electron chi connectivity index (χ2n) is 3.31. The number of ether oxygens (including phenoxy) is 1. The van der Waals surface area contributed by atoms with E-state index in [0.29, 0.717) is 6.42 Å². The molecule has 1 atom stereocenters. The first kappa shape index (κ1) is 9.95. The topological polar surface area (TPSA) is 78.1 Å². The maximum Gasteiger partial charge on any atom is 0.323 e. The second kappa shape index (κ2) is 3.88. The number of hydrogen-bond acceptors (Lipinski definition) is 3. The van der Waals surface area contributed by atoms with Crippen molar-refractivity contribution in [2.45, 2.75) is 12.7 Å². The summed E-state index contributed by atoms with van der Waals surface area (Å²) in [7, 11) is 1.44. The highest BCUT2D eigenvalue weighted by Gasteiger charge is 2.08. The van der Waals surface area contributed by atoms with E-state index in [1.165, 1.54) is 7.11 Å². The Morgan fingerprint density at radius 2 is 2.27 bits per heavy atom. The Balaban J connectivity index is 2.46. The minimum Gasteiger partial charge on any atom is -0.368 e. The predicted molar refractivity (Wildman–Crippen MR) is 55.6 cm³/mol. The normalized spacial score (nSPS) is 13.2. The summed E-state index contributed by atoms with van der Waals surface area (Å²) in [6.45, 7) is 0. The molecule has 0 spiro atoms. The van der Waals surface area contributed by atoms with Crippen molar-refractivity contribution in [3.63, 3.8) is 0 Å². The molecule has 1 heterocycles. The third-order valence-electron chi connectivity index (χ3n) is 2.30. The quantitative estimate of drug-likeness (QED) is 0.637. The van der Waals surface area contributed by atoms with Gasteiger partial charge in [0.1, 0.15) is 0 Å². The van der Waals surface area contributed by atoms with Crippen LogP contribution in [0, 0.1) is 0 Å². The molecule has 5 heteroatoms. The highest BCUT2D eigenvalue weighted by Crippen LogP contribution is 2.14. The molecule has 15 heavy (non-hydrogen) atoms. The smallest absolute Gasteiger partial charge is 0.323 e. The van der Waals surface area contributed by atoms with Crippen LogP contribution in [0.25, 0.3) is 11.0 Å². The van der Waals surface area contributed by atoms with E-state index in [-0.39, 0.29) is 5.69 Å². The summed E-state index contributed by atoms with van der Waals surface area (Å²) in [4.78, 5) is 16.4. The number of aromatic amines is 2. The molecule has 1 aromatic heterocycles. The summed E-state index contributed by atoms with van der Waals surface area (Å²) >= 11 is 0. The number of imidazole rings is 1. The molecule has 0 amide bonds. The van der Waals surface area contributed by atoms with E-state index in [2.05, 4.69) is 9.97 Å². The van der Waals surface area contributed by atoms with Gasteiger partial charge in [0.2, 0.25) is 0 Å². The molecular formula is C10H12N2O3. The van der Waals surface area contributed by atoms with E-state index in [1.54, 1.807) is 6.07 Å². The first-order chi connectivity index (χ1) is 7.20. The van der Waals surface area contributed by atoms with Gasteiger partial charge in [-0.3, -0.25) is 0 Å². The number of methoxy groups -OCH3 is 1. The van der Waals surface area contributed by atoms with Gasteiger partial charge in [0.15, 0.2) is 6.29 Å². The Morgan fingerprint density at radius 3 is 3.00 bits per heavy atom. The van der Waals surface area contributed by atoms with E-state index in [4.69, 9.17) is 4.74 Å². The van der Waals surface area contributed by atoms with Crippen molar-refractivity contribution in [3.05, 3.63) is 34.2 Å². The zero-order valence-electron chi connectivity index (χ0n) is 8.28. The summed E-state index contributed by atoms with van der Waals surface area (Å²) in [5.41, 5.74) is 2.06. The maximum absolute atomic E-state index is 11.1. The van der Waals surface area contributed by atoms with Crippen molar-refractivity contribution in [2.24, 2.45) is 0 Å². The van der Waals surface area contributed by atoms with E-state index >= 15 is 0 Å². The van der Waals surface area contributed by atoms with Gasteiger partial charge in [-0.1, -0.05) is 12.1 Å². The number of rotatable bonds is 3. The molecule has 1 unspecified atom stereocenters. The molecular weight excluding hydrogens is 196 g/mol. The fourth-order valence-electron chi connectivity index (χ4n) is 1.56. The van der Waals surface area contributed by atoms with Crippen molar-refractivity contribution in [1.82, 2.24) is 9.97 Å². The molecule has 80 valence electrons. The summed E-state index contributed by atoms with van der Waals surface area (Å²) in [5, 5.41) is 9.35. The van der Waals surface area contributed by atoms with Gasteiger partial charge in [-0.25, -0.2) is 4.79 Å². The molecule has 0 aliphatic heterocycles. The molecule has 2 rings (SSSR count). The van der Waals surface area contributed by atoms with Crippen molar-refractivity contribution in [2.75, 3.05) is 7.11 Å². The number of hydrogen-bond donors (Lipinski definition) is 3. The van der Waals surface area contributed by atoms with E-state index in [9.17, 15) is 9.90 Å². The average molecular weight is 208 g/mol. The summed E-state index contributed by atoms with van der Waals surface area (Å²) < 4.78 is 4.76. The van der Waals surface area contributed by atoms with E-state index < -0.39 is 6.29 Å². The number of para-hydroxylation sites is 1. The molecule has 2 aromatic rings. The van der Waals surface area contributed by atoms with Crippen LogP contribution in [0.15, 0.2) is 23.0 Å². The van der Waals surface area contributed by atoms with Gasteiger partial charge in [0.05, 0.1) is 11.0 Å². The predicted octanol–water partition coefficient (Wildman–Crippen LogP) is 0.364. The van der Waals surface area contributed by atoms with Gasteiger partial charge in [-0.15, -0.1) is 0 Å². The third-order valence-corrected chi connectivity index (χ3v) is 2.30. The number of H-pyrrole nitrogens is 2. The number of aliphatic hydroxyl groups is 1. The second-order valence-corrected chi connectivity index (χ2v) is 3.31. The van der Waals surface area contributed by atoms with Gasteiger partial charge < -0.3 is 19.8 Å². The molecule has 0 radical (unpaired) electrons. The van der Waals surface area contributed by atoms with Crippen LogP contribution in [0.2, 0.25) is 0 Å². The lowest BCUT2D eigenvalue weighted by Gasteiger charge is -2.08. The Bertz CT molecular complexity index is 515. The lowest BCUT2D eigenvalue weighted by Crippen LogP contribution is -2.12. The van der Waals surface area contributed by atoms with Gasteiger partial charge in [0.25, 0.3) is 0 Å². The Kier molecular flexibility index (Phi) is 2.57. The number of aromatic nitrogens is 2. The molecule has 5 nitrogen and oxygen atoms in total. The molecule has 0 saturated heterocycles. The van der Waals surface area contributed by atoms with Gasteiger partial charge in [-0.2, -0.15) is 0 Å². The largest absolute Gasteiger partial charge is 0.368 e. The SMILES string of the molecule is COC(O)Cc1cccc2[nH]c(=O)[nH]c12. The van der Waals surface area contributed by atoms with E-state index in [1.807, 2.05) is 12.1 Å².